The molecule has 0 heterocycles. The van der Waals surface area contributed by atoms with E-state index in [2.05, 4.69) is 5.32 Å². The van der Waals surface area contributed by atoms with Crippen molar-refractivity contribution < 1.29 is 4.79 Å². The van der Waals surface area contributed by atoms with Gasteiger partial charge in [-0.15, -0.1) is 0 Å². The summed E-state index contributed by atoms with van der Waals surface area (Å²) in [6, 6.07) is 15.4. The van der Waals surface area contributed by atoms with E-state index in [1.165, 1.54) is 11.1 Å². The van der Waals surface area contributed by atoms with E-state index in [0.29, 0.717) is 17.9 Å². The van der Waals surface area contributed by atoms with Crippen molar-refractivity contribution in [3.05, 3.63) is 64.7 Å². The van der Waals surface area contributed by atoms with Gasteiger partial charge in [-0.3, -0.25) is 4.79 Å². The zero-order chi connectivity index (χ0) is 14.2. The summed E-state index contributed by atoms with van der Waals surface area (Å²) in [6.45, 7) is 0. The maximum atomic E-state index is 12.0. The Morgan fingerprint density at radius 2 is 1.60 bits per heavy atom. The molecule has 1 aliphatic carbocycles. The minimum Gasteiger partial charge on any atom is -0.371 e. The number of amides is 1. The van der Waals surface area contributed by atoms with Gasteiger partial charge in [-0.2, -0.15) is 0 Å². The third-order valence-electron chi connectivity index (χ3n) is 3.80. The summed E-state index contributed by atoms with van der Waals surface area (Å²) in [5.41, 5.74) is 8.11. The SMILES string of the molecule is NC(=O)C1(Nc2ccc(Cl)cc2)Cc2ccccc2C1. The Morgan fingerprint density at radius 1 is 1.05 bits per heavy atom. The number of hydrogen-bond donors (Lipinski definition) is 2. The largest absolute Gasteiger partial charge is 0.371 e. The number of nitrogens with one attached hydrogen (secondary N) is 1. The molecule has 0 atom stereocenters. The van der Waals surface area contributed by atoms with Gasteiger partial charge in [0.05, 0.1) is 0 Å². The Hall–Kier alpha value is -2.00. The third-order valence-corrected chi connectivity index (χ3v) is 4.05. The zero-order valence-corrected chi connectivity index (χ0v) is 11.7. The van der Waals surface area contributed by atoms with Crippen LogP contribution in [0.2, 0.25) is 5.02 Å². The molecular formula is C16H15ClN2O. The number of halogens is 1. The molecule has 0 aliphatic heterocycles. The van der Waals surface area contributed by atoms with Gasteiger partial charge in [0.1, 0.15) is 5.54 Å². The van der Waals surface area contributed by atoms with Crippen molar-refractivity contribution in [3.63, 3.8) is 0 Å². The number of rotatable bonds is 3. The molecule has 0 aromatic heterocycles. The van der Waals surface area contributed by atoms with Crippen LogP contribution in [0, 0.1) is 0 Å². The second-order valence-corrected chi connectivity index (χ2v) is 5.64. The molecule has 2 aromatic carbocycles. The lowest BCUT2D eigenvalue weighted by molar-refractivity contribution is -0.122. The van der Waals surface area contributed by atoms with E-state index in [-0.39, 0.29) is 5.91 Å². The number of carbonyl (C=O) groups excluding carboxylic acids is 1. The lowest BCUT2D eigenvalue weighted by Gasteiger charge is -2.28. The molecule has 3 N–H and O–H groups in total. The number of fused-ring (bicyclic) bond motifs is 1. The lowest BCUT2D eigenvalue weighted by atomic mass is 9.94. The second kappa shape index (κ2) is 4.84. The summed E-state index contributed by atoms with van der Waals surface area (Å²) < 4.78 is 0. The number of anilines is 1. The van der Waals surface area contributed by atoms with Crippen molar-refractivity contribution in [1.29, 1.82) is 0 Å². The molecular weight excluding hydrogens is 272 g/mol. The van der Waals surface area contributed by atoms with Gasteiger partial charge in [-0.1, -0.05) is 35.9 Å². The van der Waals surface area contributed by atoms with Gasteiger partial charge in [0.15, 0.2) is 0 Å². The number of hydrogen-bond acceptors (Lipinski definition) is 2. The van der Waals surface area contributed by atoms with Crippen molar-refractivity contribution >= 4 is 23.2 Å². The molecule has 0 saturated heterocycles. The van der Waals surface area contributed by atoms with Crippen LogP contribution in [0.3, 0.4) is 0 Å². The van der Waals surface area contributed by atoms with Crippen molar-refractivity contribution in [1.82, 2.24) is 0 Å². The topological polar surface area (TPSA) is 55.1 Å². The van der Waals surface area contributed by atoms with Crippen LogP contribution >= 0.6 is 11.6 Å². The number of benzene rings is 2. The molecule has 0 unspecified atom stereocenters. The summed E-state index contributed by atoms with van der Waals surface area (Å²) >= 11 is 5.88. The van der Waals surface area contributed by atoms with E-state index in [1.807, 2.05) is 36.4 Å². The summed E-state index contributed by atoms with van der Waals surface area (Å²) in [5, 5.41) is 3.96. The van der Waals surface area contributed by atoms with Gasteiger partial charge < -0.3 is 11.1 Å². The smallest absolute Gasteiger partial charge is 0.243 e. The molecule has 1 aliphatic rings. The van der Waals surface area contributed by atoms with E-state index in [1.54, 1.807) is 12.1 Å². The molecule has 0 spiro atoms. The number of nitrogens with two attached hydrogens (primary N) is 1. The fraction of sp³-hybridized carbons (Fsp3) is 0.188. The molecule has 0 fully saturated rings. The monoisotopic (exact) mass is 286 g/mol. The Balaban J connectivity index is 1.92. The first-order valence-electron chi connectivity index (χ1n) is 6.49. The van der Waals surface area contributed by atoms with Crippen LogP contribution < -0.4 is 11.1 Å². The van der Waals surface area contributed by atoms with E-state index < -0.39 is 5.54 Å². The van der Waals surface area contributed by atoms with Gasteiger partial charge in [-0.25, -0.2) is 0 Å². The lowest BCUT2D eigenvalue weighted by Crippen LogP contribution is -2.51. The predicted molar refractivity (Wildman–Crippen MR) is 80.9 cm³/mol. The molecule has 0 bridgehead atoms. The first-order chi connectivity index (χ1) is 9.59. The maximum Gasteiger partial charge on any atom is 0.243 e. The van der Waals surface area contributed by atoms with Crippen LogP contribution in [-0.2, 0) is 17.6 Å². The van der Waals surface area contributed by atoms with Crippen LogP contribution in [0.5, 0.6) is 0 Å². The number of primary amides is 1. The van der Waals surface area contributed by atoms with E-state index in [9.17, 15) is 4.79 Å². The molecule has 3 nitrogen and oxygen atoms in total. The average Bonchev–Trinajstić information content (AvgIpc) is 2.81. The minimum absolute atomic E-state index is 0.330. The molecule has 20 heavy (non-hydrogen) atoms. The van der Waals surface area contributed by atoms with Gasteiger partial charge >= 0.3 is 0 Å². The van der Waals surface area contributed by atoms with Gasteiger partial charge in [0, 0.05) is 23.6 Å². The summed E-state index contributed by atoms with van der Waals surface area (Å²) in [6.07, 6.45) is 1.22. The highest BCUT2D eigenvalue weighted by atomic mass is 35.5. The fourth-order valence-corrected chi connectivity index (χ4v) is 2.87. The van der Waals surface area contributed by atoms with Crippen LogP contribution in [0.15, 0.2) is 48.5 Å². The molecule has 2 aromatic rings. The average molecular weight is 287 g/mol. The van der Waals surface area contributed by atoms with Crippen LogP contribution in [0.4, 0.5) is 5.69 Å². The molecule has 4 heteroatoms. The van der Waals surface area contributed by atoms with Crippen LogP contribution in [0.1, 0.15) is 11.1 Å². The van der Waals surface area contributed by atoms with Crippen molar-refractivity contribution in [2.45, 2.75) is 18.4 Å². The number of carbonyl (C=O) groups is 1. The second-order valence-electron chi connectivity index (χ2n) is 5.20. The Morgan fingerprint density at radius 3 is 2.10 bits per heavy atom. The standard InChI is InChI=1S/C16H15ClN2O/c17-13-5-7-14(8-6-13)19-16(15(18)20)9-11-3-1-2-4-12(11)10-16/h1-8,19H,9-10H2,(H2,18,20). The molecule has 1 amide bonds. The van der Waals surface area contributed by atoms with Crippen molar-refractivity contribution in [3.8, 4) is 0 Å². The summed E-state index contributed by atoms with van der Waals surface area (Å²) in [5.74, 6) is -0.330. The summed E-state index contributed by atoms with van der Waals surface area (Å²) in [7, 11) is 0. The van der Waals surface area contributed by atoms with Gasteiger partial charge in [-0.05, 0) is 35.4 Å². The molecule has 102 valence electrons. The minimum atomic E-state index is -0.752. The maximum absolute atomic E-state index is 12.0. The Bertz CT molecular complexity index is 627. The van der Waals surface area contributed by atoms with Crippen LogP contribution in [0.25, 0.3) is 0 Å². The molecule has 0 saturated carbocycles. The zero-order valence-electron chi connectivity index (χ0n) is 10.9. The quantitative estimate of drug-likeness (QED) is 0.911. The highest BCUT2D eigenvalue weighted by Crippen LogP contribution is 2.33. The summed E-state index contributed by atoms with van der Waals surface area (Å²) in [4.78, 5) is 12.0. The van der Waals surface area contributed by atoms with Gasteiger partial charge in [0.25, 0.3) is 0 Å². The van der Waals surface area contributed by atoms with E-state index >= 15 is 0 Å². The predicted octanol–water partition coefficient (Wildman–Crippen LogP) is 2.77. The normalized spacial score (nSPS) is 15.7. The molecule has 3 rings (SSSR count). The fourth-order valence-electron chi connectivity index (χ4n) is 2.75. The van der Waals surface area contributed by atoms with Crippen LogP contribution in [-0.4, -0.2) is 11.4 Å². The highest BCUT2D eigenvalue weighted by Gasteiger charge is 2.42. The first kappa shape index (κ1) is 13.0. The Kier molecular flexibility index (Phi) is 3.14. The van der Waals surface area contributed by atoms with Crippen molar-refractivity contribution in [2.75, 3.05) is 5.32 Å². The van der Waals surface area contributed by atoms with Gasteiger partial charge in [0.2, 0.25) is 5.91 Å². The van der Waals surface area contributed by atoms with Crippen molar-refractivity contribution in [2.24, 2.45) is 5.73 Å². The third kappa shape index (κ3) is 2.25. The molecule has 0 radical (unpaired) electrons. The highest BCUT2D eigenvalue weighted by molar-refractivity contribution is 6.30. The van der Waals surface area contributed by atoms with E-state index in [0.717, 1.165) is 5.69 Å². The Labute approximate surface area is 122 Å². The van der Waals surface area contributed by atoms with E-state index in [4.69, 9.17) is 17.3 Å². The first-order valence-corrected chi connectivity index (χ1v) is 6.87.